The predicted molar refractivity (Wildman–Crippen MR) is 127 cm³/mol. The number of benzene rings is 2. The van der Waals surface area contributed by atoms with Gasteiger partial charge in [-0.3, -0.25) is 9.69 Å². The zero-order valence-electron chi connectivity index (χ0n) is 17.7. The number of methoxy groups -OCH3 is 1. The molecule has 2 aliphatic rings. The summed E-state index contributed by atoms with van der Waals surface area (Å²) in [5, 5.41) is 20.8. The highest BCUT2D eigenvalue weighted by Crippen LogP contribution is 2.46. The Labute approximate surface area is 199 Å². The van der Waals surface area contributed by atoms with E-state index in [0.29, 0.717) is 40.0 Å². The predicted octanol–water partition coefficient (Wildman–Crippen LogP) is 4.78. The van der Waals surface area contributed by atoms with Crippen LogP contribution in [-0.2, 0) is 4.79 Å². The van der Waals surface area contributed by atoms with Crippen molar-refractivity contribution in [2.45, 2.75) is 19.3 Å². The van der Waals surface area contributed by atoms with Crippen LogP contribution in [0.5, 0.6) is 17.2 Å². The molecule has 7 nitrogen and oxygen atoms in total. The summed E-state index contributed by atoms with van der Waals surface area (Å²) < 4.78 is 11.2. The van der Waals surface area contributed by atoms with E-state index in [1.54, 1.807) is 17.0 Å². The minimum atomic E-state index is -0.394. The molecule has 2 aromatic carbocycles. The summed E-state index contributed by atoms with van der Waals surface area (Å²) in [5.74, 6) is 1.27. The summed E-state index contributed by atoms with van der Waals surface area (Å²) in [6.07, 6.45) is 0.171. The van der Waals surface area contributed by atoms with E-state index in [1.807, 2.05) is 31.2 Å². The molecule has 0 bridgehead atoms. The summed E-state index contributed by atoms with van der Waals surface area (Å²) >= 11 is 4.81. The fourth-order valence-corrected chi connectivity index (χ4v) is 5.51. The Morgan fingerprint density at radius 3 is 2.72 bits per heavy atom. The summed E-state index contributed by atoms with van der Waals surface area (Å²) in [7, 11) is 1.47. The smallest absolute Gasteiger partial charge is 0.229 e. The number of thioether (sulfide) groups is 1. The second-order valence-corrected chi connectivity index (χ2v) is 9.13. The number of hydrogen-bond acceptors (Lipinski definition) is 7. The zero-order chi connectivity index (χ0) is 22.8. The first-order valence-electron chi connectivity index (χ1n) is 10.1. The molecular formula is C23H22BrN3O4S. The van der Waals surface area contributed by atoms with Crippen LogP contribution >= 0.6 is 27.7 Å². The largest absolute Gasteiger partial charge is 0.503 e. The number of nitriles is 1. The van der Waals surface area contributed by atoms with Crippen LogP contribution in [0.3, 0.4) is 0 Å². The van der Waals surface area contributed by atoms with Gasteiger partial charge in [0.25, 0.3) is 0 Å². The number of nitrogens with zero attached hydrogens (tertiary/aromatic N) is 3. The van der Waals surface area contributed by atoms with Crippen molar-refractivity contribution in [3.05, 3.63) is 57.0 Å². The molecule has 1 fully saturated rings. The van der Waals surface area contributed by atoms with Crippen LogP contribution in [0.25, 0.3) is 0 Å². The molecule has 0 saturated carbocycles. The molecule has 1 atom stereocenters. The maximum atomic E-state index is 13.1. The van der Waals surface area contributed by atoms with E-state index < -0.39 is 5.92 Å². The van der Waals surface area contributed by atoms with Gasteiger partial charge in [0.1, 0.15) is 5.75 Å². The van der Waals surface area contributed by atoms with Gasteiger partial charge in [0.05, 0.1) is 47.4 Å². The molecule has 0 aromatic heterocycles. The number of phenolic OH excluding ortho intramolecular Hbond substituents is 1. The van der Waals surface area contributed by atoms with Gasteiger partial charge in [-0.25, -0.2) is 0 Å². The van der Waals surface area contributed by atoms with Crippen molar-refractivity contribution in [3.63, 3.8) is 0 Å². The van der Waals surface area contributed by atoms with Crippen molar-refractivity contribution in [2.24, 2.45) is 0 Å². The van der Waals surface area contributed by atoms with Crippen LogP contribution in [0, 0.1) is 11.3 Å². The maximum absolute atomic E-state index is 13.1. The number of aromatic hydroxyl groups is 1. The monoisotopic (exact) mass is 515 g/mol. The lowest BCUT2D eigenvalue weighted by atomic mass is 9.86. The zero-order valence-corrected chi connectivity index (χ0v) is 20.1. The molecular weight excluding hydrogens is 494 g/mol. The van der Waals surface area contributed by atoms with E-state index in [1.165, 1.54) is 18.9 Å². The number of carbonyl (C=O) groups is 1. The normalized spacial score (nSPS) is 18.3. The number of fused-ring (bicyclic) bond motifs is 1. The Kier molecular flexibility index (Phi) is 6.53. The highest BCUT2D eigenvalue weighted by Gasteiger charge is 2.38. The molecule has 0 aliphatic carbocycles. The summed E-state index contributed by atoms with van der Waals surface area (Å²) in [6.45, 7) is 2.94. The van der Waals surface area contributed by atoms with Crippen LogP contribution in [0.15, 0.2) is 51.5 Å². The third-order valence-corrected chi connectivity index (χ3v) is 7.24. The number of amides is 1. The topological polar surface area (TPSA) is 86.0 Å². The van der Waals surface area contributed by atoms with Crippen molar-refractivity contribution in [1.29, 1.82) is 5.26 Å². The van der Waals surface area contributed by atoms with Crippen molar-refractivity contribution in [1.82, 2.24) is 4.90 Å². The van der Waals surface area contributed by atoms with Gasteiger partial charge in [-0.2, -0.15) is 5.26 Å². The van der Waals surface area contributed by atoms with Gasteiger partial charge in [-0.15, -0.1) is 0 Å². The Hall–Kier alpha value is -2.83. The van der Waals surface area contributed by atoms with Crippen molar-refractivity contribution in [2.75, 3.05) is 31.2 Å². The standard InChI is InChI=1S/C23H22BrN3O4S/c1-3-31-16-6-4-15(5-7-16)26-12-27-21(28)10-17(18(11-25)23(27)32-13-26)14-8-19(24)22(29)20(9-14)30-2/h4-9,17,29H,3,10,12-13H2,1-2H3/t17-/m1/s1. The quantitative estimate of drug-likeness (QED) is 0.612. The SMILES string of the molecule is CCOc1ccc(N2CSC3=C(C#N)[C@@H](c4cc(Br)c(O)c(OC)c4)CC(=O)N3C2)cc1. The number of hydrogen-bond donors (Lipinski definition) is 1. The average molecular weight is 516 g/mol. The number of allylic oxidation sites excluding steroid dienone is 1. The minimum Gasteiger partial charge on any atom is -0.503 e. The molecule has 166 valence electrons. The van der Waals surface area contributed by atoms with E-state index in [4.69, 9.17) is 9.47 Å². The molecule has 2 heterocycles. The molecule has 32 heavy (non-hydrogen) atoms. The lowest BCUT2D eigenvalue weighted by molar-refractivity contribution is -0.129. The molecule has 0 unspecified atom stereocenters. The minimum absolute atomic E-state index is 0.00999. The van der Waals surface area contributed by atoms with Gasteiger partial charge < -0.3 is 19.5 Å². The first-order chi connectivity index (χ1) is 15.5. The number of anilines is 1. The number of phenols is 1. The Balaban J connectivity index is 1.63. The first kappa shape index (κ1) is 22.4. The van der Waals surface area contributed by atoms with Crippen molar-refractivity contribution in [3.8, 4) is 23.3 Å². The number of carbonyl (C=O) groups excluding carboxylic acids is 1. The first-order valence-corrected chi connectivity index (χ1v) is 11.9. The van der Waals surface area contributed by atoms with E-state index in [-0.39, 0.29) is 18.1 Å². The second kappa shape index (κ2) is 9.35. The molecule has 2 aromatic rings. The van der Waals surface area contributed by atoms with Crippen molar-refractivity contribution < 1.29 is 19.4 Å². The van der Waals surface area contributed by atoms with E-state index in [9.17, 15) is 15.2 Å². The third kappa shape index (κ3) is 4.12. The highest BCUT2D eigenvalue weighted by atomic mass is 79.9. The van der Waals surface area contributed by atoms with Gasteiger partial charge in [-0.05, 0) is 64.8 Å². The molecule has 9 heteroatoms. The molecule has 0 radical (unpaired) electrons. The van der Waals surface area contributed by atoms with E-state index in [0.717, 1.165) is 17.0 Å². The molecule has 1 amide bonds. The molecule has 2 aliphatic heterocycles. The fourth-order valence-electron chi connectivity index (χ4n) is 3.88. The van der Waals surface area contributed by atoms with Gasteiger partial charge in [0, 0.05) is 18.0 Å². The summed E-state index contributed by atoms with van der Waals surface area (Å²) in [5.41, 5.74) is 2.29. The van der Waals surface area contributed by atoms with Gasteiger partial charge in [-0.1, -0.05) is 11.8 Å². The average Bonchev–Trinajstić information content (AvgIpc) is 2.81. The van der Waals surface area contributed by atoms with Crippen LogP contribution in [0.2, 0.25) is 0 Å². The second-order valence-electron chi connectivity index (χ2n) is 7.34. The number of ether oxygens (including phenoxy) is 2. The molecule has 1 saturated heterocycles. The fraction of sp³-hybridized carbons (Fsp3) is 0.304. The summed E-state index contributed by atoms with van der Waals surface area (Å²) in [4.78, 5) is 16.9. The summed E-state index contributed by atoms with van der Waals surface area (Å²) in [6, 6.07) is 13.5. The van der Waals surface area contributed by atoms with Gasteiger partial charge >= 0.3 is 0 Å². The van der Waals surface area contributed by atoms with Crippen LogP contribution < -0.4 is 14.4 Å². The maximum Gasteiger partial charge on any atom is 0.229 e. The Morgan fingerprint density at radius 2 is 2.06 bits per heavy atom. The van der Waals surface area contributed by atoms with Crippen LogP contribution in [0.4, 0.5) is 5.69 Å². The molecule has 4 rings (SSSR count). The lowest BCUT2D eigenvalue weighted by Crippen LogP contribution is -2.47. The lowest BCUT2D eigenvalue weighted by Gasteiger charge is -2.42. The Morgan fingerprint density at radius 1 is 1.31 bits per heavy atom. The van der Waals surface area contributed by atoms with E-state index in [2.05, 4.69) is 26.9 Å². The van der Waals surface area contributed by atoms with Gasteiger partial charge in [0.2, 0.25) is 5.91 Å². The number of halogens is 1. The van der Waals surface area contributed by atoms with Crippen LogP contribution in [0.1, 0.15) is 24.8 Å². The van der Waals surface area contributed by atoms with Crippen molar-refractivity contribution >= 4 is 39.3 Å². The van der Waals surface area contributed by atoms with Crippen LogP contribution in [-0.4, -0.2) is 42.2 Å². The van der Waals surface area contributed by atoms with Gasteiger partial charge in [0.15, 0.2) is 11.5 Å². The molecule has 1 N–H and O–H groups in total. The highest BCUT2D eigenvalue weighted by molar-refractivity contribution is 9.10. The third-order valence-electron chi connectivity index (χ3n) is 5.48. The Bertz CT molecular complexity index is 1110. The number of rotatable bonds is 5. The van der Waals surface area contributed by atoms with E-state index >= 15 is 0 Å². The molecule has 0 spiro atoms.